The van der Waals surface area contributed by atoms with E-state index in [2.05, 4.69) is 138 Å². The molecule has 182 valence electrons. The summed E-state index contributed by atoms with van der Waals surface area (Å²) in [5, 5.41) is 7.68. The first kappa shape index (κ1) is 21.8. The molecule has 0 fully saturated rings. The van der Waals surface area contributed by atoms with Crippen LogP contribution in [-0.2, 0) is 0 Å². The molecule has 0 radical (unpaired) electrons. The summed E-state index contributed by atoms with van der Waals surface area (Å²) in [6.07, 6.45) is 0. The maximum Gasteiger partial charge on any atom is 0.145 e. The van der Waals surface area contributed by atoms with Crippen molar-refractivity contribution >= 4 is 43.4 Å². The third kappa shape index (κ3) is 3.61. The van der Waals surface area contributed by atoms with Gasteiger partial charge in [-0.25, -0.2) is 4.98 Å². The van der Waals surface area contributed by atoms with Crippen LogP contribution in [-0.4, -0.2) is 9.55 Å². The molecular formula is C37H24N2. The molecule has 0 atom stereocenters. The Morgan fingerprint density at radius 2 is 1.13 bits per heavy atom. The number of fused-ring (bicyclic) bond motifs is 5. The van der Waals surface area contributed by atoms with E-state index in [-0.39, 0.29) is 0 Å². The molecule has 1 heterocycles. The number of hydrogen-bond acceptors (Lipinski definition) is 1. The van der Waals surface area contributed by atoms with Gasteiger partial charge in [-0.05, 0) is 85.9 Å². The van der Waals surface area contributed by atoms with Gasteiger partial charge in [-0.15, -0.1) is 0 Å². The van der Waals surface area contributed by atoms with Gasteiger partial charge in [0.15, 0.2) is 0 Å². The van der Waals surface area contributed by atoms with Gasteiger partial charge in [-0.2, -0.15) is 0 Å². The molecule has 1 aromatic heterocycles. The number of hydrogen-bond donors (Lipinski definition) is 0. The Bertz CT molecular complexity index is 2150. The highest BCUT2D eigenvalue weighted by Crippen LogP contribution is 2.33. The van der Waals surface area contributed by atoms with Crippen molar-refractivity contribution in [2.75, 3.05) is 0 Å². The van der Waals surface area contributed by atoms with Gasteiger partial charge < -0.3 is 0 Å². The molecule has 0 bridgehead atoms. The van der Waals surface area contributed by atoms with Crippen molar-refractivity contribution in [3.05, 3.63) is 146 Å². The van der Waals surface area contributed by atoms with Crippen LogP contribution in [0.15, 0.2) is 146 Å². The average molecular weight is 497 g/mol. The van der Waals surface area contributed by atoms with E-state index >= 15 is 0 Å². The Balaban J connectivity index is 1.22. The fraction of sp³-hybridized carbons (Fsp3) is 0. The van der Waals surface area contributed by atoms with Gasteiger partial charge in [0.25, 0.3) is 0 Å². The minimum Gasteiger partial charge on any atom is -0.292 e. The van der Waals surface area contributed by atoms with Crippen LogP contribution in [0.4, 0.5) is 0 Å². The summed E-state index contributed by atoms with van der Waals surface area (Å²) >= 11 is 0. The van der Waals surface area contributed by atoms with Crippen LogP contribution < -0.4 is 0 Å². The highest BCUT2D eigenvalue weighted by Gasteiger charge is 2.14. The summed E-state index contributed by atoms with van der Waals surface area (Å²) < 4.78 is 2.26. The van der Waals surface area contributed by atoms with E-state index in [1.807, 2.05) is 12.1 Å². The summed E-state index contributed by atoms with van der Waals surface area (Å²) in [6.45, 7) is 0. The molecule has 8 aromatic rings. The van der Waals surface area contributed by atoms with E-state index in [1.54, 1.807) is 0 Å². The average Bonchev–Trinajstić information content (AvgIpc) is 3.40. The Kier molecular flexibility index (Phi) is 4.86. The third-order valence-electron chi connectivity index (χ3n) is 7.75. The fourth-order valence-electron chi connectivity index (χ4n) is 5.80. The van der Waals surface area contributed by atoms with E-state index in [0.29, 0.717) is 0 Å². The second kappa shape index (κ2) is 8.68. The Morgan fingerprint density at radius 1 is 0.410 bits per heavy atom. The van der Waals surface area contributed by atoms with Crippen molar-refractivity contribution in [1.29, 1.82) is 0 Å². The lowest BCUT2D eigenvalue weighted by Crippen LogP contribution is -1.97. The molecule has 0 aliphatic heterocycles. The first-order chi connectivity index (χ1) is 19.3. The van der Waals surface area contributed by atoms with Gasteiger partial charge in [-0.1, -0.05) is 103 Å². The second-order valence-corrected chi connectivity index (χ2v) is 10.1. The Morgan fingerprint density at radius 3 is 2.03 bits per heavy atom. The number of imidazole rings is 1. The summed E-state index contributed by atoms with van der Waals surface area (Å²) in [6, 6.07) is 52.1. The molecule has 0 spiro atoms. The zero-order valence-corrected chi connectivity index (χ0v) is 21.3. The highest BCUT2D eigenvalue weighted by atomic mass is 15.1. The largest absolute Gasteiger partial charge is 0.292 e. The SMILES string of the molecule is c1ccc(-c2nc3ccccc3n2-c2ccc(-c3ccc4cc5c(ccc6ccccc65)cc4c3)cc2)cc1. The van der Waals surface area contributed by atoms with E-state index in [0.717, 1.165) is 28.1 Å². The molecular weight excluding hydrogens is 472 g/mol. The van der Waals surface area contributed by atoms with Crippen molar-refractivity contribution in [3.8, 4) is 28.2 Å². The van der Waals surface area contributed by atoms with E-state index in [9.17, 15) is 0 Å². The number of para-hydroxylation sites is 2. The van der Waals surface area contributed by atoms with Crippen molar-refractivity contribution in [2.45, 2.75) is 0 Å². The number of rotatable bonds is 3. The third-order valence-corrected chi connectivity index (χ3v) is 7.75. The smallest absolute Gasteiger partial charge is 0.145 e. The maximum atomic E-state index is 4.98. The molecule has 8 rings (SSSR count). The molecule has 0 unspecified atom stereocenters. The second-order valence-electron chi connectivity index (χ2n) is 10.1. The van der Waals surface area contributed by atoms with Gasteiger partial charge in [0.1, 0.15) is 5.82 Å². The van der Waals surface area contributed by atoms with Crippen LogP contribution in [0.3, 0.4) is 0 Å². The quantitative estimate of drug-likeness (QED) is 0.176. The van der Waals surface area contributed by atoms with Crippen LogP contribution in [0.25, 0.3) is 71.6 Å². The predicted octanol–water partition coefficient (Wildman–Crippen LogP) is 9.82. The molecule has 0 saturated heterocycles. The molecule has 2 heteroatoms. The Hall–Kier alpha value is -5.21. The minimum atomic E-state index is 0.953. The number of aromatic nitrogens is 2. The van der Waals surface area contributed by atoms with E-state index in [1.165, 1.54) is 43.4 Å². The first-order valence-corrected chi connectivity index (χ1v) is 13.3. The molecule has 0 amide bonds. The molecule has 39 heavy (non-hydrogen) atoms. The van der Waals surface area contributed by atoms with Crippen molar-refractivity contribution < 1.29 is 0 Å². The lowest BCUT2D eigenvalue weighted by atomic mass is 9.96. The van der Waals surface area contributed by atoms with Gasteiger partial charge in [0.05, 0.1) is 11.0 Å². The number of benzene rings is 7. The fourth-order valence-corrected chi connectivity index (χ4v) is 5.80. The zero-order chi connectivity index (χ0) is 25.8. The van der Waals surface area contributed by atoms with Gasteiger partial charge in [-0.3, -0.25) is 4.57 Å². The van der Waals surface area contributed by atoms with Crippen LogP contribution in [0.1, 0.15) is 0 Å². The van der Waals surface area contributed by atoms with Crippen molar-refractivity contribution in [1.82, 2.24) is 9.55 Å². The summed E-state index contributed by atoms with van der Waals surface area (Å²) in [4.78, 5) is 4.98. The summed E-state index contributed by atoms with van der Waals surface area (Å²) in [5.74, 6) is 0.953. The predicted molar refractivity (Wildman–Crippen MR) is 164 cm³/mol. The van der Waals surface area contributed by atoms with Gasteiger partial charge in [0, 0.05) is 11.3 Å². The van der Waals surface area contributed by atoms with E-state index < -0.39 is 0 Å². The van der Waals surface area contributed by atoms with Crippen LogP contribution in [0, 0.1) is 0 Å². The molecule has 7 aromatic carbocycles. The molecule has 0 saturated carbocycles. The molecule has 2 nitrogen and oxygen atoms in total. The molecule has 0 aliphatic rings. The standard InChI is InChI=1S/C37H24N2/c1-2-9-27(10-3-1)37-38-35-12-6-7-13-36(35)39(37)32-20-18-25(19-21-32)28-15-16-29-24-34-30(23-31(29)22-28)17-14-26-8-4-5-11-33(26)34/h1-24H. The molecule has 0 N–H and O–H groups in total. The minimum absolute atomic E-state index is 0.953. The zero-order valence-electron chi connectivity index (χ0n) is 21.3. The van der Waals surface area contributed by atoms with Crippen LogP contribution in [0.2, 0.25) is 0 Å². The topological polar surface area (TPSA) is 17.8 Å². The number of nitrogens with zero attached hydrogens (tertiary/aromatic N) is 2. The molecule has 0 aliphatic carbocycles. The first-order valence-electron chi connectivity index (χ1n) is 13.3. The van der Waals surface area contributed by atoms with Gasteiger partial charge in [0.2, 0.25) is 0 Å². The monoisotopic (exact) mass is 496 g/mol. The van der Waals surface area contributed by atoms with Gasteiger partial charge >= 0.3 is 0 Å². The van der Waals surface area contributed by atoms with Crippen LogP contribution in [0.5, 0.6) is 0 Å². The lowest BCUT2D eigenvalue weighted by Gasteiger charge is -2.12. The van der Waals surface area contributed by atoms with Crippen molar-refractivity contribution in [3.63, 3.8) is 0 Å². The normalized spacial score (nSPS) is 11.6. The maximum absolute atomic E-state index is 4.98. The van der Waals surface area contributed by atoms with Crippen LogP contribution >= 0.6 is 0 Å². The van der Waals surface area contributed by atoms with Crippen molar-refractivity contribution in [2.24, 2.45) is 0 Å². The highest BCUT2D eigenvalue weighted by molar-refractivity contribution is 6.12. The Labute approximate surface area is 226 Å². The summed E-state index contributed by atoms with van der Waals surface area (Å²) in [5.41, 5.74) is 6.72. The summed E-state index contributed by atoms with van der Waals surface area (Å²) in [7, 11) is 0. The lowest BCUT2D eigenvalue weighted by molar-refractivity contribution is 1.10. The van der Waals surface area contributed by atoms with E-state index in [4.69, 9.17) is 4.98 Å².